The summed E-state index contributed by atoms with van der Waals surface area (Å²) < 4.78 is 13.3. The normalized spacial score (nSPS) is 15.4. The third kappa shape index (κ3) is 3.71. The van der Waals surface area contributed by atoms with Gasteiger partial charge in [-0.05, 0) is 38.0 Å². The van der Waals surface area contributed by atoms with Crippen molar-refractivity contribution in [2.24, 2.45) is 0 Å². The molecule has 6 heteroatoms. The van der Waals surface area contributed by atoms with E-state index in [2.05, 4.69) is 20.6 Å². The Balaban J connectivity index is 1.85. The maximum Gasteiger partial charge on any atom is 0.225 e. The molecule has 0 aliphatic heterocycles. The predicted molar refractivity (Wildman–Crippen MR) is 83.9 cm³/mol. The standard InChI is InChI=1S/C16H19FN4O/c1-10(9-22)18-16-20-14(11-5-6-11)8-15(21-16)19-13-4-2-3-12(17)7-13/h2-4,7-8,10-11,22H,5-6,9H2,1H3,(H2,18,19,20,21)/t10-/m0/s1. The molecule has 5 nitrogen and oxygen atoms in total. The van der Waals surface area contributed by atoms with Gasteiger partial charge in [0.25, 0.3) is 0 Å². The molecule has 0 radical (unpaired) electrons. The van der Waals surface area contributed by atoms with Crippen molar-refractivity contribution in [1.29, 1.82) is 0 Å². The number of hydrogen-bond donors (Lipinski definition) is 3. The van der Waals surface area contributed by atoms with E-state index in [4.69, 9.17) is 5.11 Å². The van der Waals surface area contributed by atoms with Crippen LogP contribution in [0.4, 0.5) is 21.8 Å². The average Bonchev–Trinajstić information content (AvgIpc) is 3.31. The van der Waals surface area contributed by atoms with E-state index in [1.54, 1.807) is 12.1 Å². The van der Waals surface area contributed by atoms with Crippen LogP contribution in [-0.2, 0) is 0 Å². The fraction of sp³-hybridized carbons (Fsp3) is 0.375. The minimum Gasteiger partial charge on any atom is -0.394 e. The smallest absolute Gasteiger partial charge is 0.225 e. The van der Waals surface area contributed by atoms with Crippen LogP contribution in [0.1, 0.15) is 31.4 Å². The van der Waals surface area contributed by atoms with E-state index in [0.29, 0.717) is 23.4 Å². The molecule has 0 amide bonds. The van der Waals surface area contributed by atoms with Gasteiger partial charge in [0.15, 0.2) is 0 Å². The van der Waals surface area contributed by atoms with Gasteiger partial charge in [-0.15, -0.1) is 0 Å². The Bertz CT molecular complexity index is 660. The SMILES string of the molecule is C[C@@H](CO)Nc1nc(Nc2cccc(F)c2)cc(C2CC2)n1. The molecule has 3 N–H and O–H groups in total. The summed E-state index contributed by atoms with van der Waals surface area (Å²) in [6.45, 7) is 1.86. The summed E-state index contributed by atoms with van der Waals surface area (Å²) in [5, 5.41) is 15.3. The minimum absolute atomic E-state index is 0.00365. The molecule has 1 aliphatic rings. The third-order valence-electron chi connectivity index (χ3n) is 3.49. The fourth-order valence-corrected chi connectivity index (χ4v) is 2.16. The van der Waals surface area contributed by atoms with Crippen LogP contribution in [0.5, 0.6) is 0 Å². The van der Waals surface area contributed by atoms with Crippen molar-refractivity contribution in [3.63, 3.8) is 0 Å². The van der Waals surface area contributed by atoms with Gasteiger partial charge in [0, 0.05) is 23.7 Å². The second-order valence-corrected chi connectivity index (χ2v) is 5.64. The molecule has 1 saturated carbocycles. The van der Waals surface area contributed by atoms with E-state index in [1.165, 1.54) is 12.1 Å². The van der Waals surface area contributed by atoms with Gasteiger partial charge in [-0.25, -0.2) is 9.37 Å². The highest BCUT2D eigenvalue weighted by Crippen LogP contribution is 2.40. The lowest BCUT2D eigenvalue weighted by molar-refractivity contribution is 0.281. The number of anilines is 3. The molecule has 1 fully saturated rings. The lowest BCUT2D eigenvalue weighted by Gasteiger charge is -2.14. The Morgan fingerprint density at radius 1 is 1.32 bits per heavy atom. The molecular weight excluding hydrogens is 283 g/mol. The van der Waals surface area contributed by atoms with Crippen LogP contribution in [0.25, 0.3) is 0 Å². The van der Waals surface area contributed by atoms with Crippen LogP contribution in [0.2, 0.25) is 0 Å². The second-order valence-electron chi connectivity index (χ2n) is 5.64. The molecule has 0 saturated heterocycles. The first-order valence-corrected chi connectivity index (χ1v) is 7.43. The van der Waals surface area contributed by atoms with E-state index in [9.17, 15) is 4.39 Å². The Morgan fingerprint density at radius 3 is 2.82 bits per heavy atom. The number of aromatic nitrogens is 2. The van der Waals surface area contributed by atoms with E-state index < -0.39 is 0 Å². The first-order valence-electron chi connectivity index (χ1n) is 7.43. The monoisotopic (exact) mass is 302 g/mol. The number of rotatable bonds is 6. The highest BCUT2D eigenvalue weighted by Gasteiger charge is 2.26. The van der Waals surface area contributed by atoms with Gasteiger partial charge in [0.05, 0.1) is 12.3 Å². The van der Waals surface area contributed by atoms with Crippen molar-refractivity contribution in [2.45, 2.75) is 31.7 Å². The van der Waals surface area contributed by atoms with Crippen molar-refractivity contribution in [3.05, 3.63) is 41.8 Å². The van der Waals surface area contributed by atoms with E-state index in [-0.39, 0.29) is 18.5 Å². The van der Waals surface area contributed by atoms with Gasteiger partial charge in [-0.2, -0.15) is 4.98 Å². The molecule has 0 bridgehead atoms. The number of nitrogens with zero attached hydrogens (tertiary/aromatic N) is 2. The van der Waals surface area contributed by atoms with Crippen molar-refractivity contribution < 1.29 is 9.50 Å². The molecule has 1 atom stereocenters. The number of nitrogens with one attached hydrogen (secondary N) is 2. The molecule has 1 aromatic heterocycles. The lowest BCUT2D eigenvalue weighted by atomic mass is 10.2. The summed E-state index contributed by atoms with van der Waals surface area (Å²) in [6.07, 6.45) is 2.26. The highest BCUT2D eigenvalue weighted by atomic mass is 19.1. The predicted octanol–water partition coefficient (Wildman–Crippen LogP) is 3.03. The van der Waals surface area contributed by atoms with Crippen LogP contribution in [-0.4, -0.2) is 27.7 Å². The number of benzene rings is 1. The summed E-state index contributed by atoms with van der Waals surface area (Å²) >= 11 is 0. The molecule has 22 heavy (non-hydrogen) atoms. The molecule has 0 spiro atoms. The molecular formula is C16H19FN4O. The van der Waals surface area contributed by atoms with Crippen molar-refractivity contribution in [2.75, 3.05) is 17.2 Å². The number of hydrogen-bond acceptors (Lipinski definition) is 5. The molecule has 116 valence electrons. The van der Waals surface area contributed by atoms with Gasteiger partial charge >= 0.3 is 0 Å². The first-order chi connectivity index (χ1) is 10.6. The van der Waals surface area contributed by atoms with Crippen LogP contribution < -0.4 is 10.6 Å². The second kappa shape index (κ2) is 6.27. The zero-order chi connectivity index (χ0) is 15.5. The highest BCUT2D eigenvalue weighted by molar-refractivity contribution is 5.58. The minimum atomic E-state index is -0.297. The maximum atomic E-state index is 13.3. The molecule has 2 aromatic rings. The van der Waals surface area contributed by atoms with Crippen molar-refractivity contribution in [1.82, 2.24) is 9.97 Å². The average molecular weight is 302 g/mol. The van der Waals surface area contributed by atoms with Gasteiger partial charge in [0.1, 0.15) is 11.6 Å². The van der Waals surface area contributed by atoms with Gasteiger partial charge < -0.3 is 15.7 Å². The summed E-state index contributed by atoms with van der Waals surface area (Å²) in [7, 11) is 0. The van der Waals surface area contributed by atoms with Crippen LogP contribution in [0.3, 0.4) is 0 Å². The summed E-state index contributed by atoms with van der Waals surface area (Å²) in [4.78, 5) is 8.88. The van der Waals surface area contributed by atoms with Gasteiger partial charge in [0.2, 0.25) is 5.95 Å². The number of halogens is 1. The van der Waals surface area contributed by atoms with Crippen LogP contribution in [0, 0.1) is 5.82 Å². The topological polar surface area (TPSA) is 70.1 Å². The van der Waals surface area contributed by atoms with E-state index >= 15 is 0 Å². The zero-order valence-electron chi connectivity index (χ0n) is 12.4. The molecule has 0 unspecified atom stereocenters. The summed E-state index contributed by atoms with van der Waals surface area (Å²) in [5.41, 5.74) is 1.61. The Morgan fingerprint density at radius 2 is 2.14 bits per heavy atom. The van der Waals surface area contributed by atoms with E-state index in [1.807, 2.05) is 13.0 Å². The Labute approximate surface area is 128 Å². The molecule has 1 heterocycles. The van der Waals surface area contributed by atoms with Crippen molar-refractivity contribution in [3.8, 4) is 0 Å². The Hall–Kier alpha value is -2.21. The number of aliphatic hydroxyl groups excluding tert-OH is 1. The van der Waals surface area contributed by atoms with E-state index in [0.717, 1.165) is 18.5 Å². The quantitative estimate of drug-likeness (QED) is 0.765. The van der Waals surface area contributed by atoms with Crippen LogP contribution >= 0.6 is 0 Å². The molecule has 1 aromatic carbocycles. The third-order valence-corrected chi connectivity index (χ3v) is 3.49. The van der Waals surface area contributed by atoms with Gasteiger partial charge in [-0.1, -0.05) is 6.07 Å². The maximum absolute atomic E-state index is 13.3. The van der Waals surface area contributed by atoms with Gasteiger partial charge in [-0.3, -0.25) is 0 Å². The fourth-order valence-electron chi connectivity index (χ4n) is 2.16. The largest absolute Gasteiger partial charge is 0.394 e. The summed E-state index contributed by atoms with van der Waals surface area (Å²) in [5.74, 6) is 1.27. The Kier molecular flexibility index (Phi) is 4.20. The zero-order valence-corrected chi connectivity index (χ0v) is 12.4. The van der Waals surface area contributed by atoms with Crippen LogP contribution in [0.15, 0.2) is 30.3 Å². The summed E-state index contributed by atoms with van der Waals surface area (Å²) in [6, 6.07) is 8.02. The lowest BCUT2D eigenvalue weighted by Crippen LogP contribution is -2.21. The molecule has 3 rings (SSSR count). The number of aliphatic hydroxyl groups is 1. The first kappa shape index (κ1) is 14.7. The molecule has 1 aliphatic carbocycles. The van der Waals surface area contributed by atoms with Crippen molar-refractivity contribution >= 4 is 17.5 Å².